The van der Waals surface area contributed by atoms with Gasteiger partial charge in [0, 0.05) is 17.5 Å². The van der Waals surface area contributed by atoms with Crippen molar-refractivity contribution in [3.8, 4) is 0 Å². The van der Waals surface area contributed by atoms with Crippen LogP contribution in [0.15, 0.2) is 33.6 Å². The number of sulfone groups is 1. The van der Waals surface area contributed by atoms with Gasteiger partial charge < -0.3 is 14.6 Å². The Balaban J connectivity index is 2.33. The summed E-state index contributed by atoms with van der Waals surface area (Å²) < 4.78 is 36.8. The van der Waals surface area contributed by atoms with Crippen molar-refractivity contribution < 1.29 is 23.0 Å². The zero-order valence-electron chi connectivity index (χ0n) is 11.2. The first-order valence-corrected chi connectivity index (χ1v) is 8.54. The normalized spacial score (nSPS) is 30.6. The molecule has 5 nitrogen and oxygen atoms in total. The van der Waals surface area contributed by atoms with Crippen molar-refractivity contribution in [2.75, 3.05) is 13.7 Å². The summed E-state index contributed by atoms with van der Waals surface area (Å²) >= 11 is 3.27. The van der Waals surface area contributed by atoms with Crippen LogP contribution in [0.3, 0.4) is 0 Å². The summed E-state index contributed by atoms with van der Waals surface area (Å²) in [5.41, 5.74) is -1.01. The second-order valence-electron chi connectivity index (χ2n) is 4.78. The molecule has 1 heterocycles. The Hall–Kier alpha value is -0.470. The van der Waals surface area contributed by atoms with Crippen molar-refractivity contribution in [2.45, 2.75) is 29.5 Å². The second-order valence-corrected chi connectivity index (χ2v) is 7.73. The molecule has 1 aliphatic rings. The second kappa shape index (κ2) is 6.11. The molecule has 0 amide bonds. The Morgan fingerprint density at radius 1 is 1.35 bits per heavy atom. The van der Waals surface area contributed by atoms with Gasteiger partial charge in [0.15, 0.2) is 5.44 Å². The minimum atomic E-state index is -3.62. The first kappa shape index (κ1) is 15.9. The van der Waals surface area contributed by atoms with E-state index in [2.05, 4.69) is 15.9 Å². The maximum absolute atomic E-state index is 12.6. The fraction of sp³-hybridized carbons (Fsp3) is 0.538. The van der Waals surface area contributed by atoms with Gasteiger partial charge in [-0.15, -0.1) is 0 Å². The smallest absolute Gasteiger partial charge is 0.205 e. The van der Waals surface area contributed by atoms with Gasteiger partial charge in [0.25, 0.3) is 0 Å². The molecule has 1 aliphatic heterocycles. The molecular weight excluding hydrogens is 348 g/mol. The van der Waals surface area contributed by atoms with E-state index >= 15 is 0 Å². The molecule has 0 bridgehead atoms. The van der Waals surface area contributed by atoms with Crippen molar-refractivity contribution in [3.63, 3.8) is 0 Å². The standard InChI is InChI=1S/C13H17BrO5S/c1-8-12(18-2)11(7-15)19-13(8)20(16,17)10-5-3-9(14)4-6-10/h3-6,8,11-13,15H,7H2,1-2H3/t8?,11-,12-,13+/m1/s1. The number of aliphatic hydroxyl groups excluding tert-OH is 1. The van der Waals surface area contributed by atoms with Gasteiger partial charge in [-0.05, 0) is 24.3 Å². The highest BCUT2D eigenvalue weighted by Crippen LogP contribution is 2.35. The minimum Gasteiger partial charge on any atom is -0.394 e. The number of ether oxygens (including phenoxy) is 2. The van der Waals surface area contributed by atoms with E-state index < -0.39 is 27.5 Å². The molecule has 2 rings (SSSR count). The molecule has 1 unspecified atom stereocenters. The Morgan fingerprint density at radius 3 is 2.40 bits per heavy atom. The van der Waals surface area contributed by atoms with Gasteiger partial charge in [-0.1, -0.05) is 22.9 Å². The number of hydrogen-bond donors (Lipinski definition) is 1. The molecule has 1 fully saturated rings. The molecule has 0 aliphatic carbocycles. The zero-order valence-corrected chi connectivity index (χ0v) is 13.6. The molecular formula is C13H17BrO5S. The summed E-state index contributed by atoms with van der Waals surface area (Å²) in [6.07, 6.45) is -1.06. The van der Waals surface area contributed by atoms with Crippen LogP contribution in [0, 0.1) is 5.92 Å². The topological polar surface area (TPSA) is 72.8 Å². The average Bonchev–Trinajstić information content (AvgIpc) is 2.76. The van der Waals surface area contributed by atoms with Gasteiger partial charge >= 0.3 is 0 Å². The van der Waals surface area contributed by atoms with Crippen molar-refractivity contribution in [2.24, 2.45) is 5.92 Å². The highest BCUT2D eigenvalue weighted by molar-refractivity contribution is 9.10. The molecule has 0 saturated carbocycles. The molecule has 112 valence electrons. The predicted octanol–water partition coefficient (Wildman–Crippen LogP) is 1.59. The average molecular weight is 365 g/mol. The first-order chi connectivity index (χ1) is 9.41. The Morgan fingerprint density at radius 2 is 1.95 bits per heavy atom. The fourth-order valence-corrected chi connectivity index (χ4v) is 4.55. The van der Waals surface area contributed by atoms with Crippen molar-refractivity contribution in [1.29, 1.82) is 0 Å². The number of hydrogen-bond acceptors (Lipinski definition) is 5. The number of benzene rings is 1. The highest BCUT2D eigenvalue weighted by atomic mass is 79.9. The molecule has 1 aromatic carbocycles. The van der Waals surface area contributed by atoms with Crippen LogP contribution < -0.4 is 0 Å². The third kappa shape index (κ3) is 2.78. The van der Waals surface area contributed by atoms with Crippen LogP contribution in [-0.2, 0) is 19.3 Å². The van der Waals surface area contributed by atoms with E-state index in [1.807, 2.05) is 0 Å². The summed E-state index contributed by atoms with van der Waals surface area (Å²) in [5.74, 6) is -0.356. The number of aliphatic hydroxyl groups is 1. The number of rotatable bonds is 4. The molecule has 7 heteroatoms. The van der Waals surface area contributed by atoms with Crippen molar-refractivity contribution >= 4 is 25.8 Å². The van der Waals surface area contributed by atoms with Crippen LogP contribution in [-0.4, -0.2) is 44.9 Å². The molecule has 1 saturated heterocycles. The van der Waals surface area contributed by atoms with Crippen LogP contribution >= 0.6 is 15.9 Å². The van der Waals surface area contributed by atoms with E-state index in [4.69, 9.17) is 9.47 Å². The molecule has 0 aromatic heterocycles. The lowest BCUT2D eigenvalue weighted by Gasteiger charge is -2.18. The molecule has 0 radical (unpaired) electrons. The Labute approximate surface area is 126 Å². The summed E-state index contributed by atoms with van der Waals surface area (Å²) in [5, 5.41) is 9.27. The molecule has 1 aromatic rings. The van der Waals surface area contributed by atoms with E-state index in [-0.39, 0.29) is 17.4 Å². The highest BCUT2D eigenvalue weighted by Gasteiger charge is 2.48. The van der Waals surface area contributed by atoms with E-state index in [1.54, 1.807) is 19.1 Å². The van der Waals surface area contributed by atoms with Crippen LogP contribution in [0.1, 0.15) is 6.92 Å². The van der Waals surface area contributed by atoms with Crippen molar-refractivity contribution in [1.82, 2.24) is 0 Å². The molecule has 4 atom stereocenters. The maximum atomic E-state index is 12.6. The Kier molecular flexibility index (Phi) is 4.86. The third-order valence-electron chi connectivity index (χ3n) is 3.52. The van der Waals surface area contributed by atoms with Crippen molar-refractivity contribution in [3.05, 3.63) is 28.7 Å². The van der Waals surface area contributed by atoms with Crippen LogP contribution in [0.4, 0.5) is 0 Å². The quantitative estimate of drug-likeness (QED) is 0.878. The van der Waals surface area contributed by atoms with E-state index in [0.717, 1.165) is 4.47 Å². The van der Waals surface area contributed by atoms with Gasteiger partial charge in [0.05, 0.1) is 17.6 Å². The van der Waals surface area contributed by atoms with Crippen LogP contribution in [0.25, 0.3) is 0 Å². The lowest BCUT2D eigenvalue weighted by Crippen LogP contribution is -2.31. The van der Waals surface area contributed by atoms with Gasteiger partial charge in [-0.25, -0.2) is 8.42 Å². The largest absolute Gasteiger partial charge is 0.394 e. The fourth-order valence-electron chi connectivity index (χ4n) is 2.49. The zero-order chi connectivity index (χ0) is 14.9. The first-order valence-electron chi connectivity index (χ1n) is 6.20. The number of methoxy groups -OCH3 is 1. The van der Waals surface area contributed by atoms with Crippen LogP contribution in [0.2, 0.25) is 0 Å². The van der Waals surface area contributed by atoms with E-state index in [0.29, 0.717) is 0 Å². The maximum Gasteiger partial charge on any atom is 0.205 e. The minimum absolute atomic E-state index is 0.200. The Bertz CT molecular complexity index is 557. The van der Waals surface area contributed by atoms with Gasteiger partial charge in [-0.2, -0.15) is 0 Å². The third-order valence-corrected chi connectivity index (χ3v) is 6.13. The lowest BCUT2D eigenvalue weighted by molar-refractivity contribution is -0.0229. The molecule has 1 N–H and O–H groups in total. The molecule has 20 heavy (non-hydrogen) atoms. The predicted molar refractivity (Wildman–Crippen MR) is 77.0 cm³/mol. The lowest BCUT2D eigenvalue weighted by atomic mass is 10.0. The van der Waals surface area contributed by atoms with E-state index in [1.165, 1.54) is 19.2 Å². The summed E-state index contributed by atoms with van der Waals surface area (Å²) in [7, 11) is -2.14. The van der Waals surface area contributed by atoms with Gasteiger partial charge in [0.1, 0.15) is 6.10 Å². The SMILES string of the molecule is CO[C@@H]1C(C)[C@H](S(=O)(=O)c2ccc(Br)cc2)O[C@@H]1CO. The summed E-state index contributed by atoms with van der Waals surface area (Å²) in [4.78, 5) is 0.200. The monoisotopic (exact) mass is 364 g/mol. The summed E-state index contributed by atoms with van der Waals surface area (Å²) in [6.45, 7) is 1.49. The summed E-state index contributed by atoms with van der Waals surface area (Å²) in [6, 6.07) is 6.40. The van der Waals surface area contributed by atoms with Gasteiger partial charge in [0.2, 0.25) is 9.84 Å². The van der Waals surface area contributed by atoms with E-state index in [9.17, 15) is 13.5 Å². The van der Waals surface area contributed by atoms with Gasteiger partial charge in [-0.3, -0.25) is 0 Å². The number of halogens is 1. The molecule has 0 spiro atoms. The van der Waals surface area contributed by atoms with Crippen LogP contribution in [0.5, 0.6) is 0 Å².